The van der Waals surface area contributed by atoms with Gasteiger partial charge in [-0.2, -0.15) is 0 Å². The lowest BCUT2D eigenvalue weighted by Gasteiger charge is -2.18. The third-order valence-electron chi connectivity index (χ3n) is 2.69. The third-order valence-corrected chi connectivity index (χ3v) is 2.69. The zero-order valence-electron chi connectivity index (χ0n) is 10.9. The van der Waals surface area contributed by atoms with E-state index in [1.165, 1.54) is 12.1 Å². The highest BCUT2D eigenvalue weighted by Crippen LogP contribution is 2.23. The lowest BCUT2D eigenvalue weighted by atomic mass is 10.2. The molecule has 2 aromatic rings. The average Bonchev–Trinajstić information content (AvgIpc) is 2.47. The van der Waals surface area contributed by atoms with Crippen molar-refractivity contribution in [2.24, 2.45) is 5.84 Å². The molecule has 0 aliphatic rings. The van der Waals surface area contributed by atoms with E-state index in [-0.39, 0.29) is 11.5 Å². The molecule has 8 heteroatoms. The number of nitrogens with one attached hydrogen (secondary N) is 1. The van der Waals surface area contributed by atoms with E-state index < -0.39 is 4.92 Å². The number of nitro groups is 1. The van der Waals surface area contributed by atoms with Crippen molar-refractivity contribution in [1.82, 2.24) is 9.97 Å². The lowest BCUT2D eigenvalue weighted by molar-refractivity contribution is -0.384. The minimum atomic E-state index is -0.482. The molecule has 0 spiro atoms. The molecule has 0 amide bonds. The molecule has 2 rings (SSSR count). The molecule has 0 bridgehead atoms. The van der Waals surface area contributed by atoms with E-state index >= 15 is 0 Å². The first kappa shape index (κ1) is 13.7. The Labute approximate surface area is 115 Å². The number of pyridine rings is 2. The van der Waals surface area contributed by atoms with Gasteiger partial charge in [0.15, 0.2) is 0 Å². The number of hydrogen-bond acceptors (Lipinski definition) is 7. The van der Waals surface area contributed by atoms with Crippen molar-refractivity contribution in [3.8, 4) is 0 Å². The van der Waals surface area contributed by atoms with Gasteiger partial charge in [0.05, 0.1) is 17.1 Å². The van der Waals surface area contributed by atoms with Crippen LogP contribution in [0.1, 0.15) is 5.56 Å². The van der Waals surface area contributed by atoms with Crippen molar-refractivity contribution < 1.29 is 4.92 Å². The summed E-state index contributed by atoms with van der Waals surface area (Å²) in [5.74, 6) is 5.97. The highest BCUT2D eigenvalue weighted by atomic mass is 16.6. The average molecular weight is 274 g/mol. The molecule has 0 aliphatic heterocycles. The largest absolute Gasteiger partial charge is 0.355 e. The zero-order chi connectivity index (χ0) is 14.5. The third kappa shape index (κ3) is 3.18. The summed E-state index contributed by atoms with van der Waals surface area (Å²) >= 11 is 0. The Morgan fingerprint density at radius 1 is 1.50 bits per heavy atom. The maximum atomic E-state index is 10.9. The summed E-state index contributed by atoms with van der Waals surface area (Å²) in [5, 5.41) is 10.9. The van der Waals surface area contributed by atoms with Crippen LogP contribution in [-0.2, 0) is 6.54 Å². The number of hydrogen-bond donors (Lipinski definition) is 2. The summed E-state index contributed by atoms with van der Waals surface area (Å²) in [4.78, 5) is 20.4. The second-order valence-electron chi connectivity index (χ2n) is 4.19. The van der Waals surface area contributed by atoms with Crippen molar-refractivity contribution in [3.05, 3.63) is 52.3 Å². The summed E-state index contributed by atoms with van der Waals surface area (Å²) in [5.41, 5.74) is 3.24. The van der Waals surface area contributed by atoms with Crippen molar-refractivity contribution >= 4 is 17.3 Å². The van der Waals surface area contributed by atoms with Gasteiger partial charge in [-0.15, -0.1) is 0 Å². The highest BCUT2D eigenvalue weighted by molar-refractivity contribution is 5.55. The summed E-state index contributed by atoms with van der Waals surface area (Å²) < 4.78 is 0. The second-order valence-corrected chi connectivity index (χ2v) is 4.19. The fourth-order valence-electron chi connectivity index (χ4n) is 1.72. The van der Waals surface area contributed by atoms with E-state index in [9.17, 15) is 10.1 Å². The molecule has 3 N–H and O–H groups in total. The van der Waals surface area contributed by atoms with Gasteiger partial charge >= 0.3 is 0 Å². The van der Waals surface area contributed by atoms with Crippen LogP contribution in [0.25, 0.3) is 0 Å². The van der Waals surface area contributed by atoms with Crippen LogP contribution in [0.15, 0.2) is 36.7 Å². The van der Waals surface area contributed by atoms with E-state index in [0.717, 1.165) is 5.56 Å². The van der Waals surface area contributed by atoms with E-state index in [0.29, 0.717) is 12.4 Å². The Kier molecular flexibility index (Phi) is 4.06. The first-order valence-electron chi connectivity index (χ1n) is 5.83. The Hall–Kier alpha value is -2.74. The van der Waals surface area contributed by atoms with Crippen molar-refractivity contribution in [2.75, 3.05) is 17.4 Å². The minimum absolute atomic E-state index is 0.0685. The van der Waals surface area contributed by atoms with Crippen LogP contribution in [0.3, 0.4) is 0 Å². The van der Waals surface area contributed by atoms with Crippen molar-refractivity contribution in [2.45, 2.75) is 6.54 Å². The van der Waals surface area contributed by atoms with Crippen LogP contribution >= 0.6 is 0 Å². The predicted octanol–water partition coefficient (Wildman–Crippen LogP) is 1.31. The predicted molar refractivity (Wildman–Crippen MR) is 75.0 cm³/mol. The maximum absolute atomic E-state index is 10.9. The smallest absolute Gasteiger partial charge is 0.276 e. The van der Waals surface area contributed by atoms with Gasteiger partial charge in [0, 0.05) is 26.0 Å². The SMILES string of the molecule is CN(Cc1cccnc1)c1cc([N+](=O)[O-])cc(NN)n1. The molecule has 8 nitrogen and oxygen atoms in total. The van der Waals surface area contributed by atoms with E-state index in [2.05, 4.69) is 15.4 Å². The highest BCUT2D eigenvalue weighted by Gasteiger charge is 2.13. The summed E-state index contributed by atoms with van der Waals surface area (Å²) in [7, 11) is 1.79. The minimum Gasteiger partial charge on any atom is -0.355 e. The molecule has 0 aliphatic carbocycles. The number of hydrazine groups is 1. The van der Waals surface area contributed by atoms with Crippen LogP contribution in [0.5, 0.6) is 0 Å². The zero-order valence-corrected chi connectivity index (χ0v) is 10.9. The first-order chi connectivity index (χ1) is 9.60. The van der Waals surface area contributed by atoms with E-state index in [4.69, 9.17) is 5.84 Å². The van der Waals surface area contributed by atoms with Gasteiger partial charge in [-0.1, -0.05) is 6.07 Å². The van der Waals surface area contributed by atoms with Crippen LogP contribution in [0, 0.1) is 10.1 Å². The fourth-order valence-corrected chi connectivity index (χ4v) is 1.72. The number of anilines is 2. The second kappa shape index (κ2) is 5.93. The molecule has 2 heterocycles. The quantitative estimate of drug-likeness (QED) is 0.480. The number of nitrogen functional groups attached to an aromatic ring is 1. The molecule has 0 saturated heterocycles. The number of nitrogens with zero attached hydrogens (tertiary/aromatic N) is 4. The van der Waals surface area contributed by atoms with Gasteiger partial charge in [0.1, 0.15) is 11.6 Å². The summed E-state index contributed by atoms with van der Waals surface area (Å²) in [6.45, 7) is 0.534. The van der Waals surface area contributed by atoms with E-state index in [1.54, 1.807) is 24.3 Å². The van der Waals surface area contributed by atoms with E-state index in [1.807, 2.05) is 12.1 Å². The van der Waals surface area contributed by atoms with Gasteiger partial charge in [-0.05, 0) is 11.6 Å². The van der Waals surface area contributed by atoms with Gasteiger partial charge < -0.3 is 10.3 Å². The molecule has 0 radical (unpaired) electrons. The molecule has 0 fully saturated rings. The Morgan fingerprint density at radius 2 is 2.30 bits per heavy atom. The number of rotatable bonds is 5. The monoisotopic (exact) mass is 274 g/mol. The molecule has 0 atom stereocenters. The molecule has 2 aromatic heterocycles. The first-order valence-corrected chi connectivity index (χ1v) is 5.83. The van der Waals surface area contributed by atoms with Gasteiger partial charge in [0.2, 0.25) is 0 Å². The van der Waals surface area contributed by atoms with Crippen LogP contribution in [0.4, 0.5) is 17.3 Å². The number of aromatic nitrogens is 2. The molecule has 20 heavy (non-hydrogen) atoms. The van der Waals surface area contributed by atoms with Gasteiger partial charge in [-0.3, -0.25) is 15.1 Å². The van der Waals surface area contributed by atoms with Crippen LogP contribution in [0.2, 0.25) is 0 Å². The molecule has 0 unspecified atom stereocenters. The lowest BCUT2D eigenvalue weighted by Crippen LogP contribution is -2.19. The molecular weight excluding hydrogens is 260 g/mol. The summed E-state index contributed by atoms with van der Waals surface area (Å²) in [6.07, 6.45) is 3.42. The van der Waals surface area contributed by atoms with Crippen molar-refractivity contribution in [1.29, 1.82) is 0 Å². The maximum Gasteiger partial charge on any atom is 0.276 e. The molecule has 0 saturated carbocycles. The normalized spacial score (nSPS) is 10.1. The molecule has 104 valence electrons. The van der Waals surface area contributed by atoms with Gasteiger partial charge in [-0.25, -0.2) is 10.8 Å². The Bertz CT molecular complexity index is 604. The Balaban J connectivity index is 2.27. The Morgan fingerprint density at radius 3 is 2.90 bits per heavy atom. The fraction of sp³-hybridized carbons (Fsp3) is 0.167. The molecule has 0 aromatic carbocycles. The topological polar surface area (TPSA) is 110 Å². The molecular formula is C12H14N6O2. The van der Waals surface area contributed by atoms with Crippen LogP contribution < -0.4 is 16.2 Å². The summed E-state index contributed by atoms with van der Waals surface area (Å²) in [6, 6.07) is 6.43. The number of nitrogens with two attached hydrogens (primary N) is 1. The van der Waals surface area contributed by atoms with Gasteiger partial charge in [0.25, 0.3) is 5.69 Å². The van der Waals surface area contributed by atoms with Crippen molar-refractivity contribution in [3.63, 3.8) is 0 Å². The standard InChI is InChI=1S/C12H14N6O2/c1-17(8-9-3-2-4-14-7-9)12-6-10(18(19)20)5-11(15-12)16-13/h2-7H,8,13H2,1H3,(H,15,16). The van der Waals surface area contributed by atoms with Crippen LogP contribution in [-0.4, -0.2) is 21.9 Å².